The van der Waals surface area contributed by atoms with Gasteiger partial charge in [-0.05, 0) is 44.0 Å². The molecule has 0 saturated carbocycles. The molecule has 0 radical (unpaired) electrons. The highest BCUT2D eigenvalue weighted by molar-refractivity contribution is 5.94. The highest BCUT2D eigenvalue weighted by atomic mass is 16.2. The molecule has 0 aromatic heterocycles. The maximum absolute atomic E-state index is 12.7. The molecule has 0 spiro atoms. The molecule has 0 bridgehead atoms. The summed E-state index contributed by atoms with van der Waals surface area (Å²) >= 11 is 0. The van der Waals surface area contributed by atoms with Gasteiger partial charge in [-0.15, -0.1) is 0 Å². The smallest absolute Gasteiger partial charge is 0.253 e. The average Bonchev–Trinajstić information content (AvgIpc) is 2.85. The first-order valence-corrected chi connectivity index (χ1v) is 8.96. The van der Waals surface area contributed by atoms with Gasteiger partial charge in [0.15, 0.2) is 0 Å². The maximum atomic E-state index is 12.7. The van der Waals surface area contributed by atoms with Crippen molar-refractivity contribution in [1.82, 2.24) is 9.80 Å². The van der Waals surface area contributed by atoms with Crippen LogP contribution in [0.25, 0.3) is 0 Å². The van der Waals surface area contributed by atoms with Gasteiger partial charge < -0.3 is 14.7 Å². The summed E-state index contributed by atoms with van der Waals surface area (Å²) in [6.07, 6.45) is 1.94. The van der Waals surface area contributed by atoms with Crippen LogP contribution in [-0.2, 0) is 4.79 Å². The first-order chi connectivity index (χ1) is 11.6. The van der Waals surface area contributed by atoms with Crippen LogP contribution in [-0.4, -0.2) is 60.9 Å². The molecule has 132 valence electrons. The lowest BCUT2D eigenvalue weighted by atomic mass is 10.1. The van der Waals surface area contributed by atoms with Crippen LogP contribution in [0.15, 0.2) is 24.3 Å². The summed E-state index contributed by atoms with van der Waals surface area (Å²) < 4.78 is 0. The van der Waals surface area contributed by atoms with Gasteiger partial charge in [0, 0.05) is 57.4 Å². The minimum atomic E-state index is 0.0606. The molecular weight excluding hydrogens is 302 g/mol. The molecule has 0 atom stereocenters. The molecular formula is C19H29N3O2. The molecule has 1 fully saturated rings. The largest absolute Gasteiger partial charge is 0.372 e. The Hall–Kier alpha value is -2.04. The van der Waals surface area contributed by atoms with Crippen molar-refractivity contribution in [3.8, 4) is 0 Å². The van der Waals surface area contributed by atoms with Crippen molar-refractivity contribution >= 4 is 17.5 Å². The van der Waals surface area contributed by atoms with E-state index in [1.54, 1.807) is 6.92 Å². The average molecular weight is 331 g/mol. The van der Waals surface area contributed by atoms with Crippen molar-refractivity contribution in [3.05, 3.63) is 29.8 Å². The van der Waals surface area contributed by atoms with E-state index in [1.807, 2.05) is 34.1 Å². The standard InChI is InChI=1S/C19H29N3O2/c1-4-11-20(5-2)18-9-7-17(8-10-18)19(24)22-13-6-12-21(14-15-22)16(3)23/h7-10H,4-6,11-15H2,1-3H3. The molecule has 0 aliphatic carbocycles. The van der Waals surface area contributed by atoms with Gasteiger partial charge in [0.1, 0.15) is 0 Å². The third-order valence-electron chi connectivity index (χ3n) is 4.58. The van der Waals surface area contributed by atoms with Gasteiger partial charge in [-0.25, -0.2) is 0 Å². The molecule has 0 N–H and O–H groups in total. The van der Waals surface area contributed by atoms with Crippen LogP contribution in [0.1, 0.15) is 44.0 Å². The van der Waals surface area contributed by atoms with Crippen molar-refractivity contribution in [2.75, 3.05) is 44.2 Å². The minimum Gasteiger partial charge on any atom is -0.372 e. The third kappa shape index (κ3) is 4.49. The molecule has 2 amide bonds. The Morgan fingerprint density at radius 1 is 1.00 bits per heavy atom. The fourth-order valence-electron chi connectivity index (χ4n) is 3.17. The fourth-order valence-corrected chi connectivity index (χ4v) is 3.17. The maximum Gasteiger partial charge on any atom is 0.253 e. The Bertz CT molecular complexity index is 556. The molecule has 5 nitrogen and oxygen atoms in total. The summed E-state index contributed by atoms with van der Waals surface area (Å²) in [5.41, 5.74) is 1.89. The first-order valence-electron chi connectivity index (χ1n) is 8.96. The Kier molecular flexibility index (Phi) is 6.64. The number of benzene rings is 1. The number of hydrogen-bond acceptors (Lipinski definition) is 3. The number of amides is 2. The van der Waals surface area contributed by atoms with E-state index in [-0.39, 0.29) is 11.8 Å². The predicted molar refractivity (Wildman–Crippen MR) is 97.4 cm³/mol. The second-order valence-electron chi connectivity index (χ2n) is 6.28. The second kappa shape index (κ2) is 8.71. The number of anilines is 1. The lowest BCUT2D eigenvalue weighted by Gasteiger charge is -2.24. The summed E-state index contributed by atoms with van der Waals surface area (Å²) in [6, 6.07) is 7.91. The van der Waals surface area contributed by atoms with E-state index in [0.29, 0.717) is 19.6 Å². The summed E-state index contributed by atoms with van der Waals surface area (Å²) in [6.45, 7) is 10.6. The summed E-state index contributed by atoms with van der Waals surface area (Å²) in [5.74, 6) is 0.148. The number of rotatable bonds is 5. The molecule has 2 rings (SSSR count). The Labute approximate surface area is 145 Å². The topological polar surface area (TPSA) is 43.9 Å². The van der Waals surface area contributed by atoms with E-state index in [0.717, 1.165) is 43.7 Å². The monoisotopic (exact) mass is 331 g/mol. The van der Waals surface area contributed by atoms with Crippen molar-refractivity contribution in [2.24, 2.45) is 0 Å². The van der Waals surface area contributed by atoms with Crippen LogP contribution in [0, 0.1) is 0 Å². The number of hydrogen-bond donors (Lipinski definition) is 0. The van der Waals surface area contributed by atoms with Crippen molar-refractivity contribution < 1.29 is 9.59 Å². The Morgan fingerprint density at radius 3 is 2.21 bits per heavy atom. The summed E-state index contributed by atoms with van der Waals surface area (Å²) in [4.78, 5) is 30.2. The van der Waals surface area contributed by atoms with E-state index in [2.05, 4.69) is 18.7 Å². The molecule has 1 aliphatic rings. The van der Waals surface area contributed by atoms with E-state index >= 15 is 0 Å². The number of carbonyl (C=O) groups excluding carboxylic acids is 2. The van der Waals surface area contributed by atoms with Crippen LogP contribution >= 0.6 is 0 Å². The van der Waals surface area contributed by atoms with Gasteiger partial charge in [-0.3, -0.25) is 9.59 Å². The van der Waals surface area contributed by atoms with E-state index in [1.165, 1.54) is 0 Å². The normalized spacial score (nSPS) is 15.1. The molecule has 1 aromatic rings. The SMILES string of the molecule is CCCN(CC)c1ccc(C(=O)N2CCCN(C(C)=O)CC2)cc1. The lowest BCUT2D eigenvalue weighted by Crippen LogP contribution is -2.36. The molecule has 0 unspecified atom stereocenters. The highest BCUT2D eigenvalue weighted by Crippen LogP contribution is 2.17. The number of carbonyl (C=O) groups is 2. The van der Waals surface area contributed by atoms with Gasteiger partial charge in [0.05, 0.1) is 0 Å². The van der Waals surface area contributed by atoms with E-state index in [9.17, 15) is 9.59 Å². The predicted octanol–water partition coefficient (Wildman–Crippen LogP) is 2.62. The summed E-state index contributed by atoms with van der Waals surface area (Å²) in [5, 5.41) is 0. The second-order valence-corrected chi connectivity index (χ2v) is 6.28. The third-order valence-corrected chi connectivity index (χ3v) is 4.58. The minimum absolute atomic E-state index is 0.0606. The van der Waals surface area contributed by atoms with Crippen LogP contribution in [0.5, 0.6) is 0 Å². The molecule has 1 heterocycles. The Morgan fingerprint density at radius 2 is 1.62 bits per heavy atom. The van der Waals surface area contributed by atoms with Crippen molar-refractivity contribution in [3.63, 3.8) is 0 Å². The quantitative estimate of drug-likeness (QED) is 0.833. The summed E-state index contributed by atoms with van der Waals surface area (Å²) in [7, 11) is 0. The van der Waals surface area contributed by atoms with Gasteiger partial charge in [0.25, 0.3) is 5.91 Å². The fraction of sp³-hybridized carbons (Fsp3) is 0.579. The van der Waals surface area contributed by atoms with Gasteiger partial charge >= 0.3 is 0 Å². The molecule has 1 aliphatic heterocycles. The number of nitrogens with zero attached hydrogens (tertiary/aromatic N) is 3. The van der Waals surface area contributed by atoms with Gasteiger partial charge in [-0.1, -0.05) is 6.92 Å². The molecule has 24 heavy (non-hydrogen) atoms. The zero-order valence-electron chi connectivity index (χ0n) is 15.1. The van der Waals surface area contributed by atoms with Crippen LogP contribution < -0.4 is 4.90 Å². The molecule has 1 saturated heterocycles. The lowest BCUT2D eigenvalue weighted by molar-refractivity contribution is -0.128. The zero-order chi connectivity index (χ0) is 17.5. The first kappa shape index (κ1) is 18.3. The van der Waals surface area contributed by atoms with Crippen molar-refractivity contribution in [2.45, 2.75) is 33.6 Å². The molecule has 1 aromatic carbocycles. The van der Waals surface area contributed by atoms with Gasteiger partial charge in [0.2, 0.25) is 5.91 Å². The van der Waals surface area contributed by atoms with Gasteiger partial charge in [-0.2, -0.15) is 0 Å². The van der Waals surface area contributed by atoms with E-state index < -0.39 is 0 Å². The van der Waals surface area contributed by atoms with Crippen LogP contribution in [0.4, 0.5) is 5.69 Å². The highest BCUT2D eigenvalue weighted by Gasteiger charge is 2.21. The zero-order valence-corrected chi connectivity index (χ0v) is 15.1. The van der Waals surface area contributed by atoms with E-state index in [4.69, 9.17) is 0 Å². The van der Waals surface area contributed by atoms with Crippen molar-refractivity contribution in [1.29, 1.82) is 0 Å². The Balaban J connectivity index is 2.03. The van der Waals surface area contributed by atoms with Crippen LogP contribution in [0.3, 0.4) is 0 Å². The van der Waals surface area contributed by atoms with Crippen LogP contribution in [0.2, 0.25) is 0 Å². The molecule has 5 heteroatoms.